The number of halogens is 1. The summed E-state index contributed by atoms with van der Waals surface area (Å²) in [6, 6.07) is 1.56. The lowest BCUT2D eigenvalue weighted by Gasteiger charge is -2.31. The second-order valence-electron chi connectivity index (χ2n) is 8.97. The maximum atomic E-state index is 13.2. The summed E-state index contributed by atoms with van der Waals surface area (Å²) in [5, 5.41) is 0.0833. The van der Waals surface area contributed by atoms with Gasteiger partial charge in [0.15, 0.2) is 5.82 Å². The van der Waals surface area contributed by atoms with Crippen molar-refractivity contribution in [3.63, 3.8) is 0 Å². The Kier molecular flexibility index (Phi) is 8.23. The standard InChI is InChI=1S/C23H28ClN7O5S2/c1-2-36-21(32)16-13-25-23(26-14-16)31-5-3-15(4-6-31)12-27-38(33,34)18-11-17-19(37-18)20(29-22(24)28-17)30-7-9-35-10-8-30/h11,13-15,27H,2-10,12H2,1H3. The number of aromatic nitrogens is 4. The van der Waals surface area contributed by atoms with E-state index in [0.29, 0.717) is 80.1 Å². The van der Waals surface area contributed by atoms with Gasteiger partial charge >= 0.3 is 5.97 Å². The van der Waals surface area contributed by atoms with Crippen LogP contribution in [0, 0.1) is 5.92 Å². The highest BCUT2D eigenvalue weighted by Crippen LogP contribution is 2.35. The summed E-state index contributed by atoms with van der Waals surface area (Å²) < 4.78 is 40.3. The molecule has 0 aliphatic carbocycles. The molecule has 0 unspecified atom stereocenters. The molecule has 0 bridgehead atoms. The zero-order valence-corrected chi connectivity index (χ0v) is 23.2. The number of carbonyl (C=O) groups is 1. The molecule has 204 valence electrons. The van der Waals surface area contributed by atoms with E-state index in [1.807, 2.05) is 9.80 Å². The summed E-state index contributed by atoms with van der Waals surface area (Å²) in [7, 11) is -3.73. The van der Waals surface area contributed by atoms with Crippen LogP contribution in [0.3, 0.4) is 0 Å². The molecule has 2 saturated heterocycles. The summed E-state index contributed by atoms with van der Waals surface area (Å²) in [6.07, 6.45) is 4.49. The zero-order chi connectivity index (χ0) is 26.7. The fourth-order valence-electron chi connectivity index (χ4n) is 4.43. The van der Waals surface area contributed by atoms with Gasteiger partial charge < -0.3 is 19.3 Å². The van der Waals surface area contributed by atoms with Crippen molar-refractivity contribution < 1.29 is 22.7 Å². The Hall–Kier alpha value is -2.65. The van der Waals surface area contributed by atoms with Crippen LogP contribution >= 0.6 is 22.9 Å². The first-order valence-electron chi connectivity index (χ1n) is 12.4. The molecule has 0 saturated carbocycles. The Labute approximate surface area is 229 Å². The van der Waals surface area contributed by atoms with Crippen LogP contribution in [0.25, 0.3) is 10.2 Å². The van der Waals surface area contributed by atoms with E-state index in [1.165, 1.54) is 12.4 Å². The van der Waals surface area contributed by atoms with Crippen molar-refractivity contribution in [3.05, 3.63) is 29.3 Å². The first kappa shape index (κ1) is 26.9. The molecule has 2 aliphatic rings. The Morgan fingerprint density at radius 1 is 1.16 bits per heavy atom. The molecular formula is C23H28ClN7O5S2. The number of morpholine rings is 1. The fourth-order valence-corrected chi connectivity index (χ4v) is 7.18. The van der Waals surface area contributed by atoms with Gasteiger partial charge in [-0.15, -0.1) is 11.3 Å². The van der Waals surface area contributed by atoms with Gasteiger partial charge in [-0.3, -0.25) is 0 Å². The quantitative estimate of drug-likeness (QED) is 0.309. The minimum absolute atomic E-state index is 0.0833. The molecule has 15 heteroatoms. The van der Waals surface area contributed by atoms with Crippen LogP contribution in [0.4, 0.5) is 11.8 Å². The molecule has 3 aromatic heterocycles. The molecule has 0 aromatic carbocycles. The van der Waals surface area contributed by atoms with E-state index >= 15 is 0 Å². The largest absolute Gasteiger partial charge is 0.462 e. The average Bonchev–Trinajstić information content (AvgIpc) is 3.38. The number of fused-ring (bicyclic) bond motifs is 1. The topological polar surface area (TPSA) is 140 Å². The number of nitrogens with one attached hydrogen (secondary N) is 1. The molecule has 0 radical (unpaired) electrons. The van der Waals surface area contributed by atoms with Crippen molar-refractivity contribution in [2.45, 2.75) is 24.0 Å². The number of piperidine rings is 1. The number of ether oxygens (including phenoxy) is 2. The summed E-state index contributed by atoms with van der Waals surface area (Å²) >= 11 is 7.29. The molecule has 2 aliphatic heterocycles. The van der Waals surface area contributed by atoms with Crippen molar-refractivity contribution >= 4 is 60.9 Å². The SMILES string of the molecule is CCOC(=O)c1cnc(N2CCC(CNS(=O)(=O)c3cc4nc(Cl)nc(N5CCOCC5)c4s3)CC2)nc1. The van der Waals surface area contributed by atoms with Crippen molar-refractivity contribution in [1.29, 1.82) is 0 Å². The van der Waals surface area contributed by atoms with E-state index < -0.39 is 16.0 Å². The summed E-state index contributed by atoms with van der Waals surface area (Å²) in [6.45, 7) is 6.19. The van der Waals surface area contributed by atoms with Crippen molar-refractivity contribution in [2.75, 3.05) is 62.3 Å². The van der Waals surface area contributed by atoms with Gasteiger partial charge in [0, 0.05) is 45.1 Å². The molecular weight excluding hydrogens is 554 g/mol. The highest BCUT2D eigenvalue weighted by Gasteiger charge is 2.26. The van der Waals surface area contributed by atoms with Crippen LogP contribution in [-0.2, 0) is 19.5 Å². The third kappa shape index (κ3) is 5.99. The van der Waals surface area contributed by atoms with Gasteiger partial charge in [0.25, 0.3) is 0 Å². The third-order valence-corrected chi connectivity index (χ3v) is 9.67. The molecule has 3 aromatic rings. The maximum absolute atomic E-state index is 13.2. The lowest BCUT2D eigenvalue weighted by atomic mass is 9.97. The molecule has 5 heterocycles. The fraction of sp³-hybridized carbons (Fsp3) is 0.522. The van der Waals surface area contributed by atoms with E-state index in [9.17, 15) is 13.2 Å². The van der Waals surface area contributed by atoms with Crippen LogP contribution in [0.1, 0.15) is 30.1 Å². The predicted octanol–water partition coefficient (Wildman–Crippen LogP) is 2.34. The van der Waals surface area contributed by atoms with Crippen LogP contribution in [-0.4, -0.2) is 86.9 Å². The number of hydrogen-bond donors (Lipinski definition) is 1. The lowest BCUT2D eigenvalue weighted by molar-refractivity contribution is 0.0525. The van der Waals surface area contributed by atoms with Gasteiger partial charge in [-0.25, -0.2) is 32.9 Å². The Balaban J connectivity index is 1.20. The Bertz CT molecular complexity index is 1390. The molecule has 2 fully saturated rings. The first-order valence-corrected chi connectivity index (χ1v) is 15.1. The smallest absolute Gasteiger partial charge is 0.341 e. The first-order chi connectivity index (χ1) is 18.3. The maximum Gasteiger partial charge on any atom is 0.341 e. The van der Waals surface area contributed by atoms with E-state index in [-0.39, 0.29) is 15.4 Å². The minimum Gasteiger partial charge on any atom is -0.462 e. The Morgan fingerprint density at radius 3 is 2.55 bits per heavy atom. The normalized spacial score (nSPS) is 17.2. The van der Waals surface area contributed by atoms with Gasteiger partial charge in [0.05, 0.1) is 35.6 Å². The average molecular weight is 582 g/mol. The Morgan fingerprint density at radius 2 is 1.87 bits per heavy atom. The van der Waals surface area contributed by atoms with Crippen LogP contribution < -0.4 is 14.5 Å². The van der Waals surface area contributed by atoms with Gasteiger partial charge in [-0.05, 0) is 43.4 Å². The number of carbonyl (C=O) groups excluding carboxylic acids is 1. The number of thiophene rings is 1. The lowest BCUT2D eigenvalue weighted by Crippen LogP contribution is -2.39. The predicted molar refractivity (Wildman–Crippen MR) is 144 cm³/mol. The minimum atomic E-state index is -3.73. The second-order valence-corrected chi connectivity index (χ2v) is 12.4. The van der Waals surface area contributed by atoms with Gasteiger partial charge in [-0.2, -0.15) is 4.98 Å². The van der Waals surface area contributed by atoms with Crippen molar-refractivity contribution in [1.82, 2.24) is 24.7 Å². The van der Waals surface area contributed by atoms with Crippen molar-refractivity contribution in [3.8, 4) is 0 Å². The summed E-state index contributed by atoms with van der Waals surface area (Å²) in [4.78, 5) is 33.1. The van der Waals surface area contributed by atoms with E-state index in [4.69, 9.17) is 21.1 Å². The van der Waals surface area contributed by atoms with Gasteiger partial charge in [0.2, 0.25) is 21.3 Å². The van der Waals surface area contributed by atoms with E-state index in [1.54, 1.807) is 13.0 Å². The molecule has 12 nitrogen and oxygen atoms in total. The second kappa shape index (κ2) is 11.6. The zero-order valence-electron chi connectivity index (χ0n) is 20.8. The number of esters is 1. The molecule has 0 atom stereocenters. The molecule has 0 spiro atoms. The highest BCUT2D eigenvalue weighted by atomic mass is 35.5. The molecule has 0 amide bonds. The van der Waals surface area contributed by atoms with Crippen LogP contribution in [0.15, 0.2) is 22.7 Å². The number of hydrogen-bond acceptors (Lipinski definition) is 12. The number of sulfonamides is 1. The summed E-state index contributed by atoms with van der Waals surface area (Å²) in [5.74, 6) is 0.904. The number of rotatable bonds is 8. The van der Waals surface area contributed by atoms with E-state index in [0.717, 1.165) is 24.2 Å². The monoisotopic (exact) mass is 581 g/mol. The number of anilines is 2. The molecule has 5 rings (SSSR count). The third-order valence-electron chi connectivity index (χ3n) is 6.49. The van der Waals surface area contributed by atoms with E-state index in [2.05, 4.69) is 24.7 Å². The summed E-state index contributed by atoms with van der Waals surface area (Å²) in [5.41, 5.74) is 0.825. The number of nitrogens with zero attached hydrogens (tertiary/aromatic N) is 6. The van der Waals surface area contributed by atoms with Crippen molar-refractivity contribution in [2.24, 2.45) is 5.92 Å². The van der Waals surface area contributed by atoms with Crippen LogP contribution in [0.5, 0.6) is 0 Å². The van der Waals surface area contributed by atoms with Gasteiger partial charge in [0.1, 0.15) is 4.21 Å². The highest BCUT2D eigenvalue weighted by molar-refractivity contribution is 7.91. The molecule has 38 heavy (non-hydrogen) atoms. The van der Waals surface area contributed by atoms with Gasteiger partial charge in [-0.1, -0.05) is 0 Å². The molecule has 1 N–H and O–H groups in total. The van der Waals surface area contributed by atoms with Crippen LogP contribution in [0.2, 0.25) is 5.28 Å².